The first kappa shape index (κ1) is 20.1. The molecule has 0 aliphatic carbocycles. The zero-order valence-electron chi connectivity index (χ0n) is 16.7. The van der Waals surface area contributed by atoms with Gasteiger partial charge in [0.15, 0.2) is 0 Å². The van der Waals surface area contributed by atoms with E-state index in [2.05, 4.69) is 47.9 Å². The molecule has 3 aromatic carbocycles. The Bertz CT molecular complexity index is 1100. The summed E-state index contributed by atoms with van der Waals surface area (Å²) in [6.45, 7) is 4.08. The topological polar surface area (TPSA) is 79.6 Å². The molecule has 152 valence electrons. The van der Waals surface area contributed by atoms with Gasteiger partial charge in [0.05, 0.1) is 0 Å². The Hall–Kier alpha value is -3.15. The number of nitro groups is 1. The fraction of sp³-hybridized carbons (Fsp3) is 0.174. The molecule has 6 nitrogen and oxygen atoms in total. The molecule has 2 N–H and O–H groups in total. The van der Waals surface area contributed by atoms with E-state index < -0.39 is 0 Å². The van der Waals surface area contributed by atoms with Gasteiger partial charge < -0.3 is 0 Å². The summed E-state index contributed by atoms with van der Waals surface area (Å²) in [7, 11) is 0. The summed E-state index contributed by atoms with van der Waals surface area (Å²) in [5.41, 5.74) is 3.61. The van der Waals surface area contributed by atoms with Gasteiger partial charge in [-0.15, -0.1) is 0 Å². The number of fused-ring (bicyclic) bond motifs is 1. The van der Waals surface area contributed by atoms with Crippen LogP contribution in [-0.4, -0.2) is 31.8 Å². The van der Waals surface area contributed by atoms with Gasteiger partial charge in [-0.25, -0.2) is 0 Å². The van der Waals surface area contributed by atoms with Crippen molar-refractivity contribution in [2.24, 2.45) is 4.99 Å². The molecule has 0 bridgehead atoms. The van der Waals surface area contributed by atoms with Gasteiger partial charge in [0.25, 0.3) is 0 Å². The Morgan fingerprint density at radius 2 is 1.73 bits per heavy atom. The number of nitrogens with zero attached hydrogens (tertiary/aromatic N) is 2. The number of benzene rings is 3. The first-order valence-corrected chi connectivity index (χ1v) is 11.5. The van der Waals surface area contributed by atoms with Crippen LogP contribution in [0.15, 0.2) is 77.8 Å². The van der Waals surface area contributed by atoms with Crippen LogP contribution >= 0.6 is 0 Å². The molecule has 0 saturated carbocycles. The van der Waals surface area contributed by atoms with Crippen molar-refractivity contribution in [1.29, 1.82) is 0 Å². The minimum absolute atomic E-state index is 0.00898. The van der Waals surface area contributed by atoms with Crippen LogP contribution in [0.1, 0.15) is 12.5 Å². The van der Waals surface area contributed by atoms with Crippen LogP contribution in [0, 0.1) is 17.0 Å². The molecule has 7 heteroatoms. The maximum atomic E-state index is 11.1. The van der Waals surface area contributed by atoms with Gasteiger partial charge >= 0.3 is 182 Å². The Kier molecular flexibility index (Phi) is 5.83. The van der Waals surface area contributed by atoms with Crippen LogP contribution in [0.4, 0.5) is 22.7 Å². The summed E-state index contributed by atoms with van der Waals surface area (Å²) >= 11 is 0.248. The van der Waals surface area contributed by atoms with E-state index in [-0.39, 0.29) is 31.6 Å². The fourth-order valence-electron chi connectivity index (χ4n) is 3.40. The summed E-state index contributed by atoms with van der Waals surface area (Å²) in [6.07, 6.45) is 0. The number of amidine groups is 1. The average Bonchev–Trinajstić information content (AvgIpc) is 2.75. The first-order chi connectivity index (χ1) is 14.5. The van der Waals surface area contributed by atoms with Crippen molar-refractivity contribution < 1.29 is 4.92 Å². The van der Waals surface area contributed by atoms with E-state index in [1.54, 1.807) is 12.1 Å². The van der Waals surface area contributed by atoms with E-state index in [1.807, 2.05) is 31.2 Å². The minimum atomic E-state index is -0.381. The number of rotatable bonds is 5. The normalized spacial score (nSPS) is 17.5. The second-order valence-electron chi connectivity index (χ2n) is 7.15. The monoisotopic (exact) mass is 466 g/mol. The van der Waals surface area contributed by atoms with Crippen molar-refractivity contribution in [3.63, 3.8) is 0 Å². The molecule has 1 heterocycles. The van der Waals surface area contributed by atoms with Crippen LogP contribution in [-0.2, 0) is 0 Å². The molecule has 1 aliphatic rings. The maximum absolute atomic E-state index is 11.1. The number of anilines is 2. The summed E-state index contributed by atoms with van der Waals surface area (Å²) in [4.78, 5) is 15.9. The van der Waals surface area contributed by atoms with Crippen LogP contribution in [0.3, 0.4) is 0 Å². The van der Waals surface area contributed by atoms with Crippen molar-refractivity contribution in [2.75, 3.05) is 10.6 Å². The van der Waals surface area contributed by atoms with Gasteiger partial charge in [0.1, 0.15) is 0 Å². The zero-order valence-corrected chi connectivity index (χ0v) is 18.4. The number of hydrogen-bond acceptors (Lipinski definition) is 4. The molecular formula is C23H22N4O2Se. The van der Waals surface area contributed by atoms with Crippen molar-refractivity contribution >= 4 is 48.0 Å². The zero-order chi connectivity index (χ0) is 21.1. The third-order valence-electron chi connectivity index (χ3n) is 4.96. The quantitative estimate of drug-likeness (QED) is 0.326. The van der Waals surface area contributed by atoms with E-state index in [9.17, 15) is 10.1 Å². The predicted octanol–water partition coefficient (Wildman–Crippen LogP) is 4.68. The second-order valence-corrected chi connectivity index (χ2v) is 10.2. The Morgan fingerprint density at radius 3 is 2.43 bits per heavy atom. The molecule has 3 aromatic rings. The molecule has 2 atom stereocenters. The van der Waals surface area contributed by atoms with E-state index in [0.717, 1.165) is 28.5 Å². The molecule has 0 saturated heterocycles. The molecule has 0 amide bonds. The van der Waals surface area contributed by atoms with Gasteiger partial charge in [0.2, 0.25) is 0 Å². The van der Waals surface area contributed by atoms with E-state index in [1.165, 1.54) is 10.5 Å². The van der Waals surface area contributed by atoms with E-state index in [0.29, 0.717) is 4.82 Å². The van der Waals surface area contributed by atoms with E-state index >= 15 is 0 Å². The molecule has 0 aromatic heterocycles. The molecule has 1 aliphatic heterocycles. The molecule has 4 rings (SSSR count). The number of non-ortho nitro benzene ring substituents is 1. The molecule has 0 fully saturated rings. The molecule has 0 spiro atoms. The number of nitrogens with one attached hydrogen (secondary N) is 2. The third-order valence-corrected chi connectivity index (χ3v) is 7.46. The number of aryl methyl sites for hydroxylation is 1. The predicted molar refractivity (Wildman–Crippen MR) is 124 cm³/mol. The van der Waals surface area contributed by atoms with Gasteiger partial charge in [-0.1, -0.05) is 0 Å². The van der Waals surface area contributed by atoms with Gasteiger partial charge in [-0.05, 0) is 0 Å². The van der Waals surface area contributed by atoms with Crippen LogP contribution in [0.25, 0.3) is 0 Å². The second kappa shape index (κ2) is 8.69. The summed E-state index contributed by atoms with van der Waals surface area (Å²) in [5, 5.41) is 18.2. The number of aliphatic imine (C=N–C) groups is 1. The number of nitro benzene ring substituents is 1. The Labute approximate surface area is 181 Å². The van der Waals surface area contributed by atoms with Gasteiger partial charge in [-0.2, -0.15) is 0 Å². The average molecular weight is 465 g/mol. The van der Waals surface area contributed by atoms with Gasteiger partial charge in [-0.3, -0.25) is 0 Å². The standard InChI is InChI=1S/C23H22N4O2Se/c1-15-14-17(27(28)29)12-13-19(15)25-23-22(16(2)30-18-8-4-3-5-9-18)24-20-10-6-7-11-21(20)26-23/h3-14,16,22,24H,1-2H3,(H,25,26). The van der Waals surface area contributed by atoms with Crippen molar-refractivity contribution in [2.45, 2.75) is 24.7 Å². The molecular weight excluding hydrogens is 443 g/mol. The molecule has 30 heavy (non-hydrogen) atoms. The number of hydrogen-bond donors (Lipinski definition) is 2. The Morgan fingerprint density at radius 1 is 1.03 bits per heavy atom. The number of para-hydroxylation sites is 2. The van der Waals surface area contributed by atoms with Crippen LogP contribution < -0.4 is 15.1 Å². The van der Waals surface area contributed by atoms with Crippen LogP contribution in [0.5, 0.6) is 0 Å². The summed E-state index contributed by atoms with van der Waals surface area (Å²) in [6, 6.07) is 23.4. The van der Waals surface area contributed by atoms with Crippen LogP contribution in [0.2, 0.25) is 4.82 Å². The summed E-state index contributed by atoms with van der Waals surface area (Å²) in [5.74, 6) is 0.830. The van der Waals surface area contributed by atoms with Crippen molar-refractivity contribution in [1.82, 2.24) is 0 Å². The van der Waals surface area contributed by atoms with E-state index in [4.69, 9.17) is 4.99 Å². The SMILES string of the molecule is Cc1cc([N+](=O)[O-])ccc1N=C1Nc2ccccc2NC1C(C)[Se]c1ccccc1. The summed E-state index contributed by atoms with van der Waals surface area (Å²) < 4.78 is 1.34. The van der Waals surface area contributed by atoms with Gasteiger partial charge in [0, 0.05) is 0 Å². The molecule has 2 unspecified atom stereocenters. The first-order valence-electron chi connectivity index (χ1n) is 9.69. The molecule has 0 radical (unpaired) electrons. The Balaban J connectivity index is 1.69. The fourth-order valence-corrected chi connectivity index (χ4v) is 5.66. The third kappa shape index (κ3) is 4.37. The van der Waals surface area contributed by atoms with Crippen molar-refractivity contribution in [3.8, 4) is 0 Å². The van der Waals surface area contributed by atoms with Crippen molar-refractivity contribution in [3.05, 3.63) is 88.5 Å².